The molecule has 8 nitrogen and oxygen atoms in total. The van der Waals surface area contributed by atoms with Crippen molar-refractivity contribution in [3.05, 3.63) is 35.5 Å². The zero-order chi connectivity index (χ0) is 20.3. The van der Waals surface area contributed by atoms with Gasteiger partial charge in [0.05, 0.1) is 11.9 Å². The molecule has 8 heteroatoms. The van der Waals surface area contributed by atoms with Crippen LogP contribution < -0.4 is 10.6 Å². The van der Waals surface area contributed by atoms with Crippen molar-refractivity contribution in [3.8, 4) is 6.07 Å². The molecule has 0 aliphatic heterocycles. The summed E-state index contributed by atoms with van der Waals surface area (Å²) in [7, 11) is 0. The first-order chi connectivity index (χ1) is 13.4. The Morgan fingerprint density at radius 1 is 1.32 bits per heavy atom. The van der Waals surface area contributed by atoms with Crippen LogP contribution in [0.3, 0.4) is 0 Å². The molecule has 0 saturated heterocycles. The number of aliphatic hydroxyl groups is 1. The predicted octanol–water partition coefficient (Wildman–Crippen LogP) is 2.69. The quantitative estimate of drug-likeness (QED) is 0.670. The van der Waals surface area contributed by atoms with Crippen molar-refractivity contribution in [2.24, 2.45) is 11.3 Å². The summed E-state index contributed by atoms with van der Waals surface area (Å²) >= 11 is 0. The second-order valence-corrected chi connectivity index (χ2v) is 8.14. The predicted molar refractivity (Wildman–Crippen MR) is 107 cm³/mol. The van der Waals surface area contributed by atoms with Crippen LogP contribution in [0, 0.1) is 22.7 Å². The maximum atomic E-state index is 9.46. The minimum atomic E-state index is -0.0619. The van der Waals surface area contributed by atoms with E-state index < -0.39 is 0 Å². The van der Waals surface area contributed by atoms with Gasteiger partial charge in [0.15, 0.2) is 0 Å². The van der Waals surface area contributed by atoms with Gasteiger partial charge >= 0.3 is 0 Å². The summed E-state index contributed by atoms with van der Waals surface area (Å²) in [5.74, 6) is 1.50. The second-order valence-electron chi connectivity index (χ2n) is 8.14. The summed E-state index contributed by atoms with van der Waals surface area (Å²) < 4.78 is 0. The van der Waals surface area contributed by atoms with E-state index in [4.69, 9.17) is 0 Å². The lowest BCUT2D eigenvalue weighted by molar-refractivity contribution is 0.00449. The first-order valence-electron chi connectivity index (χ1n) is 9.54. The number of hydrogen-bond acceptors (Lipinski definition) is 8. The van der Waals surface area contributed by atoms with Crippen LogP contribution in [0.1, 0.15) is 56.9 Å². The molecule has 0 bridgehead atoms. The average Bonchev–Trinajstić information content (AvgIpc) is 2.69. The molecule has 2 atom stereocenters. The largest absolute Gasteiger partial charge is 0.396 e. The Bertz CT molecular complexity index is 875. The number of aromatic nitrogens is 4. The van der Waals surface area contributed by atoms with Crippen molar-refractivity contribution in [3.63, 3.8) is 0 Å². The van der Waals surface area contributed by atoms with Gasteiger partial charge in [0.2, 0.25) is 5.95 Å². The summed E-state index contributed by atoms with van der Waals surface area (Å²) in [6.07, 6.45) is 5.72. The van der Waals surface area contributed by atoms with Crippen LogP contribution in [0.15, 0.2) is 18.7 Å². The molecule has 0 amide bonds. The second kappa shape index (κ2) is 8.07. The van der Waals surface area contributed by atoms with Crippen LogP contribution in [-0.2, 0) is 6.54 Å². The minimum Gasteiger partial charge on any atom is -0.396 e. The van der Waals surface area contributed by atoms with Gasteiger partial charge in [0, 0.05) is 31.0 Å². The van der Waals surface area contributed by atoms with Crippen LogP contribution in [-0.4, -0.2) is 37.7 Å². The van der Waals surface area contributed by atoms with Gasteiger partial charge in [0.25, 0.3) is 0 Å². The molecule has 1 aliphatic rings. The van der Waals surface area contributed by atoms with Crippen molar-refractivity contribution in [2.75, 3.05) is 17.2 Å². The number of nitriles is 1. The maximum absolute atomic E-state index is 9.46. The van der Waals surface area contributed by atoms with E-state index in [1.807, 2.05) is 0 Å². The monoisotopic (exact) mass is 381 g/mol. The third-order valence-electron chi connectivity index (χ3n) is 5.72. The fraction of sp³-hybridized carbons (Fsp3) is 0.550. The van der Waals surface area contributed by atoms with E-state index in [2.05, 4.69) is 64.3 Å². The van der Waals surface area contributed by atoms with E-state index in [0.29, 0.717) is 29.8 Å². The number of hydrogen-bond donors (Lipinski definition) is 3. The molecule has 1 saturated carbocycles. The molecular weight excluding hydrogens is 354 g/mol. The van der Waals surface area contributed by atoms with Crippen LogP contribution in [0.2, 0.25) is 0 Å². The summed E-state index contributed by atoms with van der Waals surface area (Å²) in [6.45, 7) is 9.08. The Morgan fingerprint density at radius 2 is 2.11 bits per heavy atom. The van der Waals surface area contributed by atoms with Gasteiger partial charge in [-0.3, -0.25) is 0 Å². The fourth-order valence-electron chi connectivity index (χ4n) is 3.59. The van der Waals surface area contributed by atoms with Gasteiger partial charge in [0.1, 0.15) is 23.8 Å². The molecular formula is C20H27N7O. The van der Waals surface area contributed by atoms with Crippen LogP contribution in [0.5, 0.6) is 0 Å². The first kappa shape index (κ1) is 20.0. The van der Waals surface area contributed by atoms with Crippen molar-refractivity contribution in [1.29, 1.82) is 5.26 Å². The van der Waals surface area contributed by atoms with E-state index in [0.717, 1.165) is 17.7 Å². The minimum absolute atomic E-state index is 0.0619. The SMILES string of the molecule is CC(C)c1ncncc1CNc1ncc(C#N)c(N[C@@H]2C[C@H](CO)C2(C)C)n1. The van der Waals surface area contributed by atoms with E-state index in [-0.39, 0.29) is 24.0 Å². The standard InChI is InChI=1S/C20H27N7O/c1-12(2)17-14(7-22-11-25-17)9-24-19-23-8-13(6-21)18(27-19)26-16-5-15(10-28)20(16,3)4/h7-8,11-12,15-16,28H,5,9-10H2,1-4H3,(H2,23,24,26,27)/t15-,16-/m1/s1. The van der Waals surface area contributed by atoms with Gasteiger partial charge in [-0.05, 0) is 23.7 Å². The summed E-state index contributed by atoms with van der Waals surface area (Å²) in [5, 5.41) is 25.4. The Labute approximate surface area is 165 Å². The summed E-state index contributed by atoms with van der Waals surface area (Å²) in [6, 6.07) is 2.29. The summed E-state index contributed by atoms with van der Waals surface area (Å²) in [5.41, 5.74) is 2.32. The van der Waals surface area contributed by atoms with Crippen molar-refractivity contribution in [1.82, 2.24) is 19.9 Å². The Hall–Kier alpha value is -2.79. The molecule has 148 valence electrons. The molecule has 3 rings (SSSR count). The van der Waals surface area contributed by atoms with E-state index in [1.165, 1.54) is 6.20 Å². The molecule has 0 radical (unpaired) electrons. The number of nitrogens with one attached hydrogen (secondary N) is 2. The van der Waals surface area contributed by atoms with E-state index in [9.17, 15) is 10.4 Å². The zero-order valence-corrected chi connectivity index (χ0v) is 16.8. The molecule has 2 aromatic heterocycles. The van der Waals surface area contributed by atoms with E-state index >= 15 is 0 Å². The van der Waals surface area contributed by atoms with Gasteiger partial charge in [-0.25, -0.2) is 15.0 Å². The molecule has 3 N–H and O–H groups in total. The van der Waals surface area contributed by atoms with E-state index in [1.54, 1.807) is 12.5 Å². The van der Waals surface area contributed by atoms with Crippen molar-refractivity contribution < 1.29 is 5.11 Å². The Kier molecular flexibility index (Phi) is 5.75. The highest BCUT2D eigenvalue weighted by atomic mass is 16.3. The van der Waals surface area contributed by atoms with Gasteiger partial charge in [-0.1, -0.05) is 27.7 Å². The normalized spacial score (nSPS) is 20.3. The fourth-order valence-corrected chi connectivity index (χ4v) is 3.59. The van der Waals surface area contributed by atoms with Crippen molar-refractivity contribution in [2.45, 2.75) is 52.6 Å². The lowest BCUT2D eigenvalue weighted by atomic mass is 9.59. The lowest BCUT2D eigenvalue weighted by Crippen LogP contribution is -2.54. The van der Waals surface area contributed by atoms with Crippen LogP contribution in [0.25, 0.3) is 0 Å². The van der Waals surface area contributed by atoms with Crippen LogP contribution in [0.4, 0.5) is 11.8 Å². The third-order valence-corrected chi connectivity index (χ3v) is 5.72. The van der Waals surface area contributed by atoms with Gasteiger partial charge < -0.3 is 15.7 Å². The highest BCUT2D eigenvalue weighted by Gasteiger charge is 2.47. The highest BCUT2D eigenvalue weighted by molar-refractivity contribution is 5.54. The molecule has 0 spiro atoms. The van der Waals surface area contributed by atoms with Gasteiger partial charge in [-0.15, -0.1) is 0 Å². The molecule has 28 heavy (non-hydrogen) atoms. The maximum Gasteiger partial charge on any atom is 0.224 e. The average molecular weight is 381 g/mol. The zero-order valence-electron chi connectivity index (χ0n) is 16.8. The number of anilines is 2. The van der Waals surface area contributed by atoms with Crippen molar-refractivity contribution >= 4 is 11.8 Å². The number of nitrogens with zero attached hydrogens (tertiary/aromatic N) is 5. The highest BCUT2D eigenvalue weighted by Crippen LogP contribution is 2.47. The van der Waals surface area contributed by atoms with Gasteiger partial charge in [-0.2, -0.15) is 10.2 Å². The smallest absolute Gasteiger partial charge is 0.224 e. The number of aliphatic hydroxyl groups excluding tert-OH is 1. The molecule has 2 heterocycles. The molecule has 1 aliphatic carbocycles. The molecule has 1 fully saturated rings. The summed E-state index contributed by atoms with van der Waals surface area (Å²) in [4.78, 5) is 17.2. The lowest BCUT2D eigenvalue weighted by Gasteiger charge is -2.52. The molecule has 0 aromatic carbocycles. The third kappa shape index (κ3) is 3.90. The van der Waals surface area contributed by atoms with Crippen LogP contribution >= 0.6 is 0 Å². The Balaban J connectivity index is 1.74. The molecule has 2 aromatic rings. The molecule has 0 unspecified atom stereocenters. The Morgan fingerprint density at radius 3 is 2.75 bits per heavy atom. The number of rotatable bonds is 7. The first-order valence-corrected chi connectivity index (χ1v) is 9.54. The topological polar surface area (TPSA) is 120 Å².